The highest BCUT2D eigenvalue weighted by Crippen LogP contribution is 2.38. The van der Waals surface area contributed by atoms with E-state index in [-0.39, 0.29) is 12.0 Å². The van der Waals surface area contributed by atoms with Crippen LogP contribution in [0.15, 0.2) is 0 Å². The number of nitrogens with zero attached hydrogens (tertiary/aromatic N) is 3. The maximum Gasteiger partial charge on any atom is 0.308 e. The number of rotatable bonds is 3. The Labute approximate surface area is 107 Å². The van der Waals surface area contributed by atoms with Crippen LogP contribution < -0.4 is 0 Å². The normalized spacial score (nSPS) is 28.3. The molecule has 1 fully saturated rings. The molecule has 1 aromatic rings. The van der Waals surface area contributed by atoms with Crippen molar-refractivity contribution in [3.05, 3.63) is 11.6 Å². The van der Waals surface area contributed by atoms with Crippen molar-refractivity contribution in [2.45, 2.75) is 52.5 Å². The molecule has 1 N–H and O–H groups in total. The smallest absolute Gasteiger partial charge is 0.308 e. The third kappa shape index (κ3) is 2.40. The predicted molar refractivity (Wildman–Crippen MR) is 67.3 cm³/mol. The first-order valence-corrected chi connectivity index (χ1v) is 6.65. The van der Waals surface area contributed by atoms with Crippen LogP contribution in [0.3, 0.4) is 0 Å². The Balaban J connectivity index is 2.29. The quantitative estimate of drug-likeness (QED) is 0.895. The first-order chi connectivity index (χ1) is 8.52. The fourth-order valence-electron chi connectivity index (χ4n) is 3.01. The number of aryl methyl sites for hydroxylation is 2. The summed E-state index contributed by atoms with van der Waals surface area (Å²) in [5.74, 6) is 1.11. The molecular weight excluding hydrogens is 230 g/mol. The predicted octanol–water partition coefficient (Wildman–Crippen LogP) is 2.35. The number of carbonyl (C=O) groups is 1. The molecule has 0 aliphatic heterocycles. The lowest BCUT2D eigenvalue weighted by molar-refractivity contribution is -0.145. The fraction of sp³-hybridized carbons (Fsp3) is 0.769. The van der Waals surface area contributed by atoms with E-state index >= 15 is 0 Å². The summed E-state index contributed by atoms with van der Waals surface area (Å²) < 4.78 is 1.83. The summed E-state index contributed by atoms with van der Waals surface area (Å²) in [4.78, 5) is 15.7. The van der Waals surface area contributed by atoms with Crippen molar-refractivity contribution < 1.29 is 9.90 Å². The largest absolute Gasteiger partial charge is 0.481 e. The molecule has 1 saturated carbocycles. The summed E-state index contributed by atoms with van der Waals surface area (Å²) >= 11 is 0. The van der Waals surface area contributed by atoms with Gasteiger partial charge in [0, 0.05) is 0 Å². The molecule has 18 heavy (non-hydrogen) atoms. The third-order valence-electron chi connectivity index (χ3n) is 4.04. The zero-order valence-electron chi connectivity index (χ0n) is 11.3. The van der Waals surface area contributed by atoms with Crippen LogP contribution >= 0.6 is 0 Å². The molecule has 0 aromatic carbocycles. The summed E-state index contributed by atoms with van der Waals surface area (Å²) in [7, 11) is 0. The van der Waals surface area contributed by atoms with Gasteiger partial charge in [-0.1, -0.05) is 13.3 Å². The van der Waals surface area contributed by atoms with E-state index in [2.05, 4.69) is 17.0 Å². The first kappa shape index (κ1) is 13.1. The molecule has 1 aromatic heterocycles. The van der Waals surface area contributed by atoms with E-state index in [9.17, 15) is 9.90 Å². The van der Waals surface area contributed by atoms with Gasteiger partial charge in [-0.3, -0.25) is 4.79 Å². The monoisotopic (exact) mass is 251 g/mol. The van der Waals surface area contributed by atoms with E-state index in [1.807, 2.05) is 18.5 Å². The van der Waals surface area contributed by atoms with Gasteiger partial charge in [-0.15, -0.1) is 0 Å². The average molecular weight is 251 g/mol. The molecular formula is C13H21N3O2. The number of carboxylic acids is 1. The van der Waals surface area contributed by atoms with Gasteiger partial charge < -0.3 is 5.11 Å². The van der Waals surface area contributed by atoms with Crippen molar-refractivity contribution in [2.75, 3.05) is 0 Å². The van der Waals surface area contributed by atoms with E-state index in [0.29, 0.717) is 5.92 Å². The molecule has 0 saturated heterocycles. The van der Waals surface area contributed by atoms with Crippen LogP contribution in [0.25, 0.3) is 0 Å². The topological polar surface area (TPSA) is 68.0 Å². The highest BCUT2D eigenvalue weighted by molar-refractivity contribution is 5.70. The van der Waals surface area contributed by atoms with Gasteiger partial charge in [0.1, 0.15) is 11.6 Å². The summed E-state index contributed by atoms with van der Waals surface area (Å²) in [5, 5.41) is 13.7. The minimum Gasteiger partial charge on any atom is -0.481 e. The van der Waals surface area contributed by atoms with E-state index in [1.165, 1.54) is 0 Å². The molecule has 0 spiro atoms. The Hall–Kier alpha value is -1.39. The maximum absolute atomic E-state index is 11.4. The molecule has 0 amide bonds. The Morgan fingerprint density at radius 3 is 2.67 bits per heavy atom. The minimum absolute atomic E-state index is 0.0394. The second-order valence-corrected chi connectivity index (χ2v) is 5.25. The first-order valence-electron chi connectivity index (χ1n) is 6.65. The van der Waals surface area contributed by atoms with Crippen LogP contribution in [0.5, 0.6) is 0 Å². The van der Waals surface area contributed by atoms with Crippen molar-refractivity contribution in [2.24, 2.45) is 11.8 Å². The van der Waals surface area contributed by atoms with Gasteiger partial charge in [0.05, 0.1) is 12.0 Å². The van der Waals surface area contributed by atoms with E-state index in [4.69, 9.17) is 0 Å². The van der Waals surface area contributed by atoms with E-state index in [1.54, 1.807) is 0 Å². The number of carboxylic acid groups (broad SMARTS) is 1. The molecule has 1 aliphatic carbocycles. The van der Waals surface area contributed by atoms with Gasteiger partial charge in [-0.25, -0.2) is 9.67 Å². The second-order valence-electron chi connectivity index (χ2n) is 5.25. The molecule has 3 atom stereocenters. The van der Waals surface area contributed by atoms with Crippen LogP contribution in [0.1, 0.15) is 50.3 Å². The zero-order valence-corrected chi connectivity index (χ0v) is 11.3. The van der Waals surface area contributed by atoms with Gasteiger partial charge in [0.2, 0.25) is 0 Å². The fourth-order valence-corrected chi connectivity index (χ4v) is 3.01. The second kappa shape index (κ2) is 5.08. The third-order valence-corrected chi connectivity index (χ3v) is 4.04. The van der Waals surface area contributed by atoms with Crippen molar-refractivity contribution in [1.29, 1.82) is 0 Å². The molecule has 5 heteroatoms. The lowest BCUT2D eigenvalue weighted by Gasteiger charge is -2.33. The number of aromatic nitrogens is 3. The van der Waals surface area contributed by atoms with Crippen LogP contribution in [-0.2, 0) is 4.79 Å². The van der Waals surface area contributed by atoms with E-state index in [0.717, 1.165) is 37.3 Å². The molecule has 5 nitrogen and oxygen atoms in total. The molecule has 0 radical (unpaired) electrons. The van der Waals surface area contributed by atoms with Crippen molar-refractivity contribution in [3.63, 3.8) is 0 Å². The van der Waals surface area contributed by atoms with Gasteiger partial charge in [0.25, 0.3) is 0 Å². The SMILES string of the molecule is CCC1CCC(C(=O)O)C(n2nc(C)nc2C)C1. The van der Waals surface area contributed by atoms with Crippen molar-refractivity contribution in [1.82, 2.24) is 14.8 Å². The van der Waals surface area contributed by atoms with Crippen molar-refractivity contribution >= 4 is 5.97 Å². The van der Waals surface area contributed by atoms with Gasteiger partial charge in [-0.05, 0) is 39.0 Å². The Bertz CT molecular complexity index is 441. The lowest BCUT2D eigenvalue weighted by Crippen LogP contribution is -2.33. The minimum atomic E-state index is -0.706. The Morgan fingerprint density at radius 1 is 1.44 bits per heavy atom. The molecule has 100 valence electrons. The molecule has 2 rings (SSSR count). The lowest BCUT2D eigenvalue weighted by atomic mass is 9.77. The van der Waals surface area contributed by atoms with Crippen LogP contribution in [0, 0.1) is 25.7 Å². The highest BCUT2D eigenvalue weighted by atomic mass is 16.4. The molecule has 1 heterocycles. The summed E-state index contributed by atoms with van der Waals surface area (Å²) in [6, 6.07) is -0.0394. The van der Waals surface area contributed by atoms with Gasteiger partial charge in [0.15, 0.2) is 0 Å². The van der Waals surface area contributed by atoms with Gasteiger partial charge in [-0.2, -0.15) is 5.10 Å². The average Bonchev–Trinajstić information content (AvgIpc) is 2.67. The number of hydrogen-bond acceptors (Lipinski definition) is 3. The van der Waals surface area contributed by atoms with E-state index < -0.39 is 5.97 Å². The summed E-state index contributed by atoms with van der Waals surface area (Å²) in [5.41, 5.74) is 0. The summed E-state index contributed by atoms with van der Waals surface area (Å²) in [6.07, 6.45) is 3.76. The summed E-state index contributed by atoms with van der Waals surface area (Å²) in [6.45, 7) is 5.91. The molecule has 1 aliphatic rings. The van der Waals surface area contributed by atoms with Gasteiger partial charge >= 0.3 is 5.97 Å². The standard InChI is InChI=1S/C13H21N3O2/c1-4-10-5-6-11(13(17)18)12(7-10)16-9(3)14-8(2)15-16/h10-12H,4-7H2,1-3H3,(H,17,18). The van der Waals surface area contributed by atoms with Crippen LogP contribution in [-0.4, -0.2) is 25.8 Å². The Morgan fingerprint density at radius 2 is 2.17 bits per heavy atom. The molecule has 3 unspecified atom stereocenters. The number of aliphatic carboxylic acids is 1. The maximum atomic E-state index is 11.4. The molecule has 0 bridgehead atoms. The number of hydrogen-bond donors (Lipinski definition) is 1. The zero-order chi connectivity index (χ0) is 13.3. The highest BCUT2D eigenvalue weighted by Gasteiger charge is 2.36. The Kier molecular flexibility index (Phi) is 3.68. The van der Waals surface area contributed by atoms with Crippen LogP contribution in [0.4, 0.5) is 0 Å². The van der Waals surface area contributed by atoms with Crippen LogP contribution in [0.2, 0.25) is 0 Å². The van der Waals surface area contributed by atoms with Crippen molar-refractivity contribution in [3.8, 4) is 0 Å².